The zero-order valence-electron chi connectivity index (χ0n) is 27.4. The van der Waals surface area contributed by atoms with Gasteiger partial charge in [0.05, 0.1) is 33.0 Å². The largest absolute Gasteiger partial charge is 0.394 e. The number of hydrogen-bond acceptors (Lipinski definition) is 22. The summed E-state index contributed by atoms with van der Waals surface area (Å²) in [6.45, 7) is -2.17. The van der Waals surface area contributed by atoms with Crippen molar-refractivity contribution in [2.24, 2.45) is 5.73 Å². The highest BCUT2D eigenvalue weighted by atomic mass is 16.8. The molecule has 298 valence electrons. The van der Waals surface area contributed by atoms with Gasteiger partial charge in [0.15, 0.2) is 25.2 Å². The molecule has 0 aromatic heterocycles. The average molecular weight is 751 g/mol. The molecule has 0 bridgehead atoms. The molecule has 0 aromatic rings. The van der Waals surface area contributed by atoms with Gasteiger partial charge in [0.25, 0.3) is 0 Å². The maximum absolute atomic E-state index is 11.9. The Morgan fingerprint density at radius 1 is 0.549 bits per heavy atom. The van der Waals surface area contributed by atoms with Crippen LogP contribution >= 0.6 is 0 Å². The maximum Gasteiger partial charge on any atom is 0.217 e. The SMILES string of the molecule is CC(=O)N[C@H]1[C@H](OCCN)O[C@H](CO)[C@@H](O[C@@H]2O[C@H](CO)[C@H](O[C@@H]3O[C@H](CO)[C@H](O)[C@H](O[C@H]4O[C@H](CO)[C@H](O)[C@H](O)[C@H]4O)[C@H]3O)[C@H](O)[C@H]2O)[C@@H]1O. The van der Waals surface area contributed by atoms with Crippen molar-refractivity contribution in [1.82, 2.24) is 5.32 Å². The van der Waals surface area contributed by atoms with Crippen LogP contribution in [0.25, 0.3) is 0 Å². The van der Waals surface area contributed by atoms with Crippen LogP contribution < -0.4 is 11.1 Å². The van der Waals surface area contributed by atoms with E-state index in [4.69, 9.17) is 43.6 Å². The highest BCUT2D eigenvalue weighted by Gasteiger charge is 2.55. The lowest BCUT2D eigenvalue weighted by molar-refractivity contribution is -0.387. The number of nitrogens with one attached hydrogen (secondary N) is 1. The molecule has 23 nitrogen and oxygen atoms in total. The lowest BCUT2D eigenvalue weighted by Crippen LogP contribution is -2.68. The molecule has 0 spiro atoms. The van der Waals surface area contributed by atoms with E-state index in [0.717, 1.165) is 6.92 Å². The number of aliphatic hydroxyl groups excluding tert-OH is 12. The number of carbonyl (C=O) groups is 1. The van der Waals surface area contributed by atoms with E-state index >= 15 is 0 Å². The Morgan fingerprint density at radius 3 is 1.49 bits per heavy atom. The molecule has 4 saturated heterocycles. The summed E-state index contributed by atoms with van der Waals surface area (Å²) >= 11 is 0. The molecule has 23 heteroatoms. The van der Waals surface area contributed by atoms with Crippen molar-refractivity contribution >= 4 is 5.91 Å². The molecule has 51 heavy (non-hydrogen) atoms. The van der Waals surface area contributed by atoms with Crippen LogP contribution in [0.5, 0.6) is 0 Å². The van der Waals surface area contributed by atoms with Crippen molar-refractivity contribution in [3.05, 3.63) is 0 Å². The summed E-state index contributed by atoms with van der Waals surface area (Å²) in [7, 11) is 0. The first-order chi connectivity index (χ1) is 24.2. The zero-order valence-corrected chi connectivity index (χ0v) is 27.4. The molecule has 4 heterocycles. The van der Waals surface area contributed by atoms with E-state index in [1.165, 1.54) is 0 Å². The second-order valence-corrected chi connectivity index (χ2v) is 12.5. The summed E-state index contributed by atoms with van der Waals surface area (Å²) in [5, 5.41) is 128. The Bertz CT molecular complexity index is 1080. The maximum atomic E-state index is 11.9. The standard InChI is InChI=1S/C28H50N2O21/c1-8(35)30-13-16(38)22(11(6-33)47-25(13)44-3-2-29)49-27-20(42)18(40)23(12(7-34)48-27)50-28-21(43)24(15(37)10(5-32)46-28)51-26-19(41)17(39)14(36)9(4-31)45-26/h9-28,31-34,36-43H,2-7,29H2,1H3,(H,30,35)/t9-,10-,11-,12-,13-,14+,15+,16-,17+,18-,19-,20-,21-,22-,23+,24+,25-,26-,27+,28+/m1/s1. The van der Waals surface area contributed by atoms with Gasteiger partial charge in [0, 0.05) is 13.5 Å². The summed E-state index contributed by atoms with van der Waals surface area (Å²) in [4.78, 5) is 11.9. The molecule has 0 unspecified atom stereocenters. The minimum absolute atomic E-state index is 0.0363. The van der Waals surface area contributed by atoms with Crippen LogP contribution in [0.3, 0.4) is 0 Å². The Labute approximate surface area is 290 Å². The second-order valence-electron chi connectivity index (χ2n) is 12.5. The van der Waals surface area contributed by atoms with Crippen LogP contribution in [0.2, 0.25) is 0 Å². The fourth-order valence-electron chi connectivity index (χ4n) is 6.25. The first kappa shape index (κ1) is 42.4. The first-order valence-electron chi connectivity index (χ1n) is 16.3. The predicted molar refractivity (Wildman–Crippen MR) is 158 cm³/mol. The molecule has 15 N–H and O–H groups in total. The highest BCUT2D eigenvalue weighted by molar-refractivity contribution is 5.73. The molecule has 0 aromatic carbocycles. The number of aliphatic hydroxyl groups is 12. The van der Waals surface area contributed by atoms with Crippen molar-refractivity contribution < 1.29 is 104 Å². The van der Waals surface area contributed by atoms with Crippen LogP contribution in [0.1, 0.15) is 6.92 Å². The van der Waals surface area contributed by atoms with Crippen LogP contribution in [0, 0.1) is 0 Å². The third kappa shape index (κ3) is 9.30. The lowest BCUT2D eigenvalue weighted by atomic mass is 9.95. The molecule has 1 amide bonds. The van der Waals surface area contributed by atoms with E-state index in [0.29, 0.717) is 0 Å². The van der Waals surface area contributed by atoms with Crippen molar-refractivity contribution in [2.75, 3.05) is 39.6 Å². The van der Waals surface area contributed by atoms with E-state index in [9.17, 15) is 66.1 Å². The molecule has 4 aliphatic heterocycles. The van der Waals surface area contributed by atoms with Gasteiger partial charge in [-0.05, 0) is 0 Å². The Hall–Kier alpha value is -1.37. The Morgan fingerprint density at radius 2 is 0.980 bits per heavy atom. The zero-order chi connectivity index (χ0) is 37.7. The van der Waals surface area contributed by atoms with Crippen LogP contribution in [-0.4, -0.2) is 230 Å². The highest BCUT2D eigenvalue weighted by Crippen LogP contribution is 2.34. The van der Waals surface area contributed by atoms with Crippen LogP contribution in [0.15, 0.2) is 0 Å². The van der Waals surface area contributed by atoms with Crippen molar-refractivity contribution in [3.8, 4) is 0 Å². The Balaban J connectivity index is 1.49. The van der Waals surface area contributed by atoms with Gasteiger partial charge in [0.1, 0.15) is 97.6 Å². The number of amides is 1. The molecule has 0 radical (unpaired) electrons. The summed E-state index contributed by atoms with van der Waals surface area (Å²) < 4.78 is 44.5. The minimum atomic E-state index is -2.02. The quantitative estimate of drug-likeness (QED) is 0.0783. The smallest absolute Gasteiger partial charge is 0.217 e. The van der Waals surface area contributed by atoms with Gasteiger partial charge >= 0.3 is 0 Å². The first-order valence-corrected chi connectivity index (χ1v) is 16.3. The molecule has 0 saturated carbocycles. The number of hydrogen-bond donors (Lipinski definition) is 14. The van der Waals surface area contributed by atoms with E-state index in [1.807, 2.05) is 0 Å². The molecular formula is C28H50N2O21. The van der Waals surface area contributed by atoms with E-state index < -0.39 is 155 Å². The summed E-state index contributed by atoms with van der Waals surface area (Å²) in [6.07, 6.45) is -32.8. The third-order valence-electron chi connectivity index (χ3n) is 8.99. The van der Waals surface area contributed by atoms with Gasteiger partial charge in [-0.15, -0.1) is 0 Å². The summed E-state index contributed by atoms with van der Waals surface area (Å²) in [5.41, 5.74) is 5.47. The fraction of sp³-hybridized carbons (Fsp3) is 0.964. The van der Waals surface area contributed by atoms with Gasteiger partial charge < -0.3 is 110 Å². The van der Waals surface area contributed by atoms with Gasteiger partial charge in [-0.25, -0.2) is 0 Å². The second kappa shape index (κ2) is 18.8. The van der Waals surface area contributed by atoms with Crippen LogP contribution in [0.4, 0.5) is 0 Å². The number of carbonyl (C=O) groups excluding carboxylic acids is 1. The lowest BCUT2D eigenvalue weighted by Gasteiger charge is -2.49. The van der Waals surface area contributed by atoms with Crippen LogP contribution in [-0.2, 0) is 42.7 Å². The minimum Gasteiger partial charge on any atom is -0.394 e. The molecular weight excluding hydrogens is 700 g/mol. The third-order valence-corrected chi connectivity index (χ3v) is 8.99. The van der Waals surface area contributed by atoms with Gasteiger partial charge in [-0.1, -0.05) is 0 Å². The molecule has 4 rings (SSSR count). The number of nitrogens with two attached hydrogens (primary N) is 1. The number of rotatable bonds is 14. The Kier molecular flexibility index (Phi) is 15.6. The molecule has 20 atom stereocenters. The van der Waals surface area contributed by atoms with Crippen molar-refractivity contribution in [3.63, 3.8) is 0 Å². The van der Waals surface area contributed by atoms with Gasteiger partial charge in [-0.3, -0.25) is 4.79 Å². The summed E-state index contributed by atoms with van der Waals surface area (Å²) in [6, 6.07) is -1.25. The molecule has 4 aliphatic rings. The van der Waals surface area contributed by atoms with Crippen molar-refractivity contribution in [1.29, 1.82) is 0 Å². The number of ether oxygens (including phenoxy) is 8. The topological polar surface area (TPSA) is 372 Å². The van der Waals surface area contributed by atoms with Gasteiger partial charge in [-0.2, -0.15) is 0 Å². The molecule has 4 fully saturated rings. The summed E-state index contributed by atoms with van der Waals surface area (Å²) in [5.74, 6) is -0.584. The van der Waals surface area contributed by atoms with E-state index in [2.05, 4.69) is 5.32 Å². The van der Waals surface area contributed by atoms with Crippen molar-refractivity contribution in [2.45, 2.75) is 130 Å². The van der Waals surface area contributed by atoms with E-state index in [1.54, 1.807) is 0 Å². The average Bonchev–Trinajstić information content (AvgIpc) is 3.11. The molecule has 0 aliphatic carbocycles. The van der Waals surface area contributed by atoms with Gasteiger partial charge in [0.2, 0.25) is 5.91 Å². The van der Waals surface area contributed by atoms with E-state index in [-0.39, 0.29) is 13.2 Å². The fourth-order valence-corrected chi connectivity index (χ4v) is 6.25. The predicted octanol–water partition coefficient (Wildman–Crippen LogP) is -9.62. The monoisotopic (exact) mass is 750 g/mol. The normalized spacial score (nSPS) is 48.0.